The third kappa shape index (κ3) is 10.3. The molecule has 3 aliphatic rings. The van der Waals surface area contributed by atoms with Crippen molar-refractivity contribution in [2.24, 2.45) is 17.3 Å². The van der Waals surface area contributed by atoms with E-state index in [4.69, 9.17) is 23.7 Å². The summed E-state index contributed by atoms with van der Waals surface area (Å²) in [4.78, 5) is 0. The van der Waals surface area contributed by atoms with E-state index in [0.717, 1.165) is 44.6 Å². The number of aromatic hydroxyl groups is 1. The molecule has 44 heavy (non-hydrogen) atoms. The zero-order chi connectivity index (χ0) is 31.0. The third-order valence-corrected chi connectivity index (χ3v) is 9.90. The van der Waals surface area contributed by atoms with Crippen LogP contribution in [-0.4, -0.2) is 75.8 Å². The maximum absolute atomic E-state index is 10.4. The molecule has 0 aliphatic heterocycles. The number of rotatable bonds is 17. The molecule has 0 amide bonds. The van der Waals surface area contributed by atoms with E-state index in [1.54, 1.807) is 0 Å². The first-order chi connectivity index (χ1) is 21.5. The zero-order valence-corrected chi connectivity index (χ0v) is 27.1. The minimum Gasteiger partial charge on any atom is -0.508 e. The summed E-state index contributed by atoms with van der Waals surface area (Å²) in [5.74, 6) is 2.49. The summed E-state index contributed by atoms with van der Waals surface area (Å²) in [6, 6.07) is 16.1. The lowest BCUT2D eigenvalue weighted by atomic mass is 9.55. The molecule has 2 N–H and O–H groups in total. The fourth-order valence-electron chi connectivity index (χ4n) is 7.43. The first kappa shape index (κ1) is 34.9. The second-order valence-electron chi connectivity index (χ2n) is 12.8. The summed E-state index contributed by atoms with van der Waals surface area (Å²) >= 11 is 0. The van der Waals surface area contributed by atoms with E-state index in [1.165, 1.54) is 36.0 Å². The Balaban J connectivity index is 0.000000203. The van der Waals surface area contributed by atoms with Crippen LogP contribution >= 0.6 is 0 Å². The Hall–Kier alpha value is -2.00. The molecule has 2 fully saturated rings. The normalized spacial score (nSPS) is 25.4. The van der Waals surface area contributed by atoms with Gasteiger partial charge in [0.25, 0.3) is 0 Å². The number of ether oxygens (including phenoxy) is 5. The largest absolute Gasteiger partial charge is 0.508 e. The molecule has 246 valence electrons. The molecule has 5 atom stereocenters. The molecule has 0 spiro atoms. The highest BCUT2D eigenvalue weighted by molar-refractivity contribution is 5.40. The van der Waals surface area contributed by atoms with Gasteiger partial charge in [-0.1, -0.05) is 56.7 Å². The number of fused-ring (bicyclic) bond motifs is 5. The van der Waals surface area contributed by atoms with Crippen LogP contribution in [0.1, 0.15) is 81.4 Å². The lowest BCUT2D eigenvalue weighted by molar-refractivity contribution is -0.0226. The molecular weight excluding hydrogens is 556 g/mol. The first-order valence-corrected chi connectivity index (χ1v) is 17.0. The third-order valence-electron chi connectivity index (χ3n) is 9.90. The van der Waals surface area contributed by atoms with Gasteiger partial charge in [-0.05, 0) is 96.9 Å². The number of unbranched alkanes of at least 4 members (excludes halogenated alkanes) is 1. The van der Waals surface area contributed by atoms with Crippen LogP contribution in [-0.2, 0) is 36.7 Å². The van der Waals surface area contributed by atoms with Crippen molar-refractivity contribution in [1.29, 1.82) is 0 Å². The van der Waals surface area contributed by atoms with Gasteiger partial charge in [0.15, 0.2) is 0 Å². The monoisotopic (exact) mass is 612 g/mol. The van der Waals surface area contributed by atoms with Gasteiger partial charge < -0.3 is 33.9 Å². The Morgan fingerprint density at radius 1 is 0.750 bits per heavy atom. The van der Waals surface area contributed by atoms with Gasteiger partial charge in [0.05, 0.1) is 65.6 Å². The second-order valence-corrected chi connectivity index (χ2v) is 12.8. The molecule has 7 heteroatoms. The van der Waals surface area contributed by atoms with Crippen molar-refractivity contribution in [2.75, 3.05) is 59.5 Å². The molecule has 0 bridgehead atoms. The lowest BCUT2D eigenvalue weighted by Gasteiger charge is -2.50. The lowest BCUT2D eigenvalue weighted by Crippen LogP contribution is -2.43. The molecule has 2 saturated carbocycles. The van der Waals surface area contributed by atoms with E-state index in [-0.39, 0.29) is 11.5 Å². The van der Waals surface area contributed by atoms with E-state index in [9.17, 15) is 10.2 Å². The molecule has 0 aromatic heterocycles. The molecule has 5 rings (SSSR count). The zero-order valence-electron chi connectivity index (χ0n) is 27.1. The van der Waals surface area contributed by atoms with Crippen LogP contribution in [0.4, 0.5) is 0 Å². The number of benzene rings is 2. The van der Waals surface area contributed by atoms with Crippen LogP contribution in [0.25, 0.3) is 0 Å². The Morgan fingerprint density at radius 2 is 1.39 bits per heavy atom. The van der Waals surface area contributed by atoms with Gasteiger partial charge in [-0.25, -0.2) is 0 Å². The second kappa shape index (κ2) is 18.8. The van der Waals surface area contributed by atoms with Crippen LogP contribution in [0.3, 0.4) is 0 Å². The van der Waals surface area contributed by atoms with Crippen LogP contribution in [0.2, 0.25) is 0 Å². The fraction of sp³-hybridized carbons (Fsp3) is 0.676. The molecule has 2 aromatic rings. The van der Waals surface area contributed by atoms with Gasteiger partial charge in [0, 0.05) is 6.61 Å². The van der Waals surface area contributed by atoms with Crippen molar-refractivity contribution in [3.8, 4) is 5.75 Å². The quantitative estimate of drug-likeness (QED) is 0.193. The highest BCUT2D eigenvalue weighted by atomic mass is 16.6. The molecular formula is C37H56O7. The summed E-state index contributed by atoms with van der Waals surface area (Å²) in [6.45, 7) is 10.7. The molecule has 7 nitrogen and oxygen atoms in total. The summed E-state index contributed by atoms with van der Waals surface area (Å²) in [5, 5.41) is 20.0. The van der Waals surface area contributed by atoms with Gasteiger partial charge in [-0.15, -0.1) is 0 Å². The molecule has 2 aromatic carbocycles. The minimum absolute atomic E-state index is 0.0883. The Kier molecular flexibility index (Phi) is 14.9. The summed E-state index contributed by atoms with van der Waals surface area (Å²) in [6.07, 6.45) is 9.05. The number of aliphatic hydroxyl groups is 1. The molecule has 3 aliphatic carbocycles. The van der Waals surface area contributed by atoms with Gasteiger partial charge in [-0.3, -0.25) is 0 Å². The van der Waals surface area contributed by atoms with E-state index in [1.807, 2.05) is 42.5 Å². The molecule has 0 saturated heterocycles. The molecule has 0 heterocycles. The van der Waals surface area contributed by atoms with Crippen molar-refractivity contribution in [1.82, 2.24) is 0 Å². The standard InChI is InChI=1S/C19H32O5.C18H24O2/c1-2-3-9-20-10-11-21-12-13-22-14-15-23-16-17-24-18-19-7-5-4-6-8-19;1-18-9-8-14-13-5-3-12(19)10-11(13)2-4-15(14)16(18)6-7-17(18)20/h4-8H,2-3,9-18H2,1H3;3,5,10,14-17,19-20H,2,4,6-9H2,1H3. The molecule has 5 unspecified atom stereocenters. The predicted octanol–water partition coefficient (Wildman–Crippen LogP) is 6.68. The Morgan fingerprint density at radius 3 is 2.05 bits per heavy atom. The van der Waals surface area contributed by atoms with Gasteiger partial charge in [0.1, 0.15) is 5.75 Å². The maximum atomic E-state index is 10.4. The molecule has 0 radical (unpaired) electrons. The van der Waals surface area contributed by atoms with Crippen LogP contribution in [0, 0.1) is 17.3 Å². The number of aryl methyl sites for hydroxylation is 1. The average Bonchev–Trinajstić information content (AvgIpc) is 3.35. The fourth-order valence-corrected chi connectivity index (χ4v) is 7.43. The Bertz CT molecular complexity index is 1060. The topological polar surface area (TPSA) is 86.6 Å². The number of phenolic OH excluding ortho intramolecular Hbond substituents is 1. The van der Waals surface area contributed by atoms with Crippen LogP contribution < -0.4 is 0 Å². The van der Waals surface area contributed by atoms with E-state index >= 15 is 0 Å². The van der Waals surface area contributed by atoms with Crippen molar-refractivity contribution in [2.45, 2.75) is 83.8 Å². The van der Waals surface area contributed by atoms with Gasteiger partial charge in [0.2, 0.25) is 0 Å². The smallest absolute Gasteiger partial charge is 0.115 e. The van der Waals surface area contributed by atoms with E-state index in [2.05, 4.69) is 19.9 Å². The summed E-state index contributed by atoms with van der Waals surface area (Å²) in [5.41, 5.74) is 4.17. The summed E-state index contributed by atoms with van der Waals surface area (Å²) in [7, 11) is 0. The van der Waals surface area contributed by atoms with Crippen molar-refractivity contribution in [3.05, 3.63) is 65.2 Å². The highest BCUT2D eigenvalue weighted by Crippen LogP contribution is 2.60. The predicted molar refractivity (Wildman–Crippen MR) is 173 cm³/mol. The number of phenols is 1. The number of aliphatic hydroxyl groups excluding tert-OH is 1. The highest BCUT2D eigenvalue weighted by Gasteiger charge is 2.54. The number of hydrogen-bond donors (Lipinski definition) is 2. The Labute approximate surface area is 265 Å². The van der Waals surface area contributed by atoms with E-state index < -0.39 is 0 Å². The van der Waals surface area contributed by atoms with Crippen LogP contribution in [0.5, 0.6) is 5.75 Å². The van der Waals surface area contributed by atoms with E-state index in [0.29, 0.717) is 77.0 Å². The average molecular weight is 613 g/mol. The van der Waals surface area contributed by atoms with Crippen molar-refractivity contribution < 1.29 is 33.9 Å². The SMILES string of the molecule is CC12CCC3c4ccc(O)cc4CCC3C1CCC2O.CCCCOCCOCCOCCOCCOCc1ccccc1. The maximum Gasteiger partial charge on any atom is 0.115 e. The van der Waals surface area contributed by atoms with Crippen LogP contribution in [0.15, 0.2) is 48.5 Å². The van der Waals surface area contributed by atoms with Crippen molar-refractivity contribution >= 4 is 0 Å². The first-order valence-electron chi connectivity index (χ1n) is 17.0. The minimum atomic E-state index is -0.0883. The number of hydrogen-bond acceptors (Lipinski definition) is 7. The van der Waals surface area contributed by atoms with Gasteiger partial charge in [-0.2, -0.15) is 0 Å². The van der Waals surface area contributed by atoms with Gasteiger partial charge >= 0.3 is 0 Å². The summed E-state index contributed by atoms with van der Waals surface area (Å²) < 4.78 is 27.2. The van der Waals surface area contributed by atoms with Crippen molar-refractivity contribution in [3.63, 3.8) is 0 Å².